The van der Waals surface area contributed by atoms with Crippen LogP contribution in [0.3, 0.4) is 0 Å². The van der Waals surface area contributed by atoms with Crippen molar-refractivity contribution in [2.24, 2.45) is 16.3 Å². The summed E-state index contributed by atoms with van der Waals surface area (Å²) in [5.41, 5.74) is 5.93. The van der Waals surface area contributed by atoms with Crippen LogP contribution in [-0.4, -0.2) is 50.3 Å². The summed E-state index contributed by atoms with van der Waals surface area (Å²) in [7, 11) is 0. The Morgan fingerprint density at radius 2 is 1.84 bits per heavy atom. The zero-order chi connectivity index (χ0) is 31.3. The second-order valence-corrected chi connectivity index (χ2v) is 13.0. The number of carbonyl (C=O) groups is 1. The molecule has 1 unspecified atom stereocenters. The van der Waals surface area contributed by atoms with Gasteiger partial charge in [-0.25, -0.2) is 4.79 Å². The second-order valence-electron chi connectivity index (χ2n) is 13.0. The number of aliphatic hydroxyl groups is 1. The van der Waals surface area contributed by atoms with Crippen molar-refractivity contribution in [3.8, 4) is 0 Å². The summed E-state index contributed by atoms with van der Waals surface area (Å²) in [6, 6.07) is 10.5. The van der Waals surface area contributed by atoms with Crippen molar-refractivity contribution in [3.05, 3.63) is 101 Å². The van der Waals surface area contributed by atoms with Crippen molar-refractivity contribution in [2.45, 2.75) is 59.7 Å². The molecular formula is C35H42N6O3. The molecule has 3 aromatic rings. The lowest BCUT2D eigenvalue weighted by atomic mass is 9.88. The fourth-order valence-electron chi connectivity index (χ4n) is 5.07. The number of amides is 1. The highest BCUT2D eigenvalue weighted by Gasteiger charge is 2.24. The maximum absolute atomic E-state index is 12.2. The number of nitrogens with one attached hydrogen (secondary N) is 2. The number of aliphatic imine (C=N–C) groups is 1. The number of hydrogen-bond donors (Lipinski definition) is 3. The molecule has 44 heavy (non-hydrogen) atoms. The van der Waals surface area contributed by atoms with Crippen LogP contribution in [0.4, 0.5) is 10.5 Å². The molecule has 5 rings (SSSR count). The molecular weight excluding hydrogens is 552 g/mol. The summed E-state index contributed by atoms with van der Waals surface area (Å²) < 4.78 is 7.25. The number of alkyl carbamates (subject to hydrolysis) is 1. The predicted molar refractivity (Wildman–Crippen MR) is 175 cm³/mol. The molecule has 0 bridgehead atoms. The molecule has 0 spiro atoms. The van der Waals surface area contributed by atoms with Crippen LogP contribution < -0.4 is 10.6 Å². The summed E-state index contributed by atoms with van der Waals surface area (Å²) in [5, 5.41) is 24.6. The first-order valence-corrected chi connectivity index (χ1v) is 15.1. The number of pyridine rings is 1. The van der Waals surface area contributed by atoms with Crippen LogP contribution in [0, 0.1) is 11.3 Å². The van der Waals surface area contributed by atoms with Crippen LogP contribution in [0.25, 0.3) is 11.7 Å². The molecule has 2 aliphatic rings. The maximum atomic E-state index is 12.2. The molecule has 0 radical (unpaired) electrons. The van der Waals surface area contributed by atoms with Crippen molar-refractivity contribution in [1.82, 2.24) is 25.2 Å². The first kappa shape index (κ1) is 31.1. The van der Waals surface area contributed by atoms with Crippen molar-refractivity contribution in [1.29, 1.82) is 0 Å². The molecule has 9 heteroatoms. The number of hydrogen-bond acceptors (Lipinski definition) is 7. The van der Waals surface area contributed by atoms with Crippen LogP contribution in [0.5, 0.6) is 0 Å². The van der Waals surface area contributed by atoms with Crippen LogP contribution in [-0.2, 0) is 17.8 Å². The number of rotatable bonds is 9. The minimum absolute atomic E-state index is 0.0656. The zero-order valence-electron chi connectivity index (χ0n) is 26.2. The molecule has 0 saturated carbocycles. The summed E-state index contributed by atoms with van der Waals surface area (Å²) in [4.78, 5) is 17.5. The summed E-state index contributed by atoms with van der Waals surface area (Å²) in [6.07, 6.45) is 17.2. The summed E-state index contributed by atoms with van der Waals surface area (Å²) in [6.45, 7) is 11.3. The number of nitrogens with zero attached hydrogens (tertiary/aromatic N) is 4. The minimum Gasteiger partial charge on any atom is -0.444 e. The Morgan fingerprint density at radius 1 is 1.05 bits per heavy atom. The largest absolute Gasteiger partial charge is 0.444 e. The smallest absolute Gasteiger partial charge is 0.408 e. The fraction of sp³-hybridized carbons (Fsp3) is 0.371. The Bertz CT molecular complexity index is 1650. The zero-order valence-corrected chi connectivity index (χ0v) is 26.2. The van der Waals surface area contributed by atoms with E-state index in [9.17, 15) is 9.90 Å². The average molecular weight is 595 g/mol. The van der Waals surface area contributed by atoms with E-state index in [-0.39, 0.29) is 24.5 Å². The molecule has 2 aromatic heterocycles. The van der Waals surface area contributed by atoms with Crippen LogP contribution in [0.15, 0.2) is 83.6 Å². The first-order chi connectivity index (χ1) is 21.0. The van der Waals surface area contributed by atoms with Gasteiger partial charge in [0.05, 0.1) is 17.9 Å². The Morgan fingerprint density at radius 3 is 2.59 bits per heavy atom. The lowest BCUT2D eigenvalue weighted by molar-refractivity contribution is 0.0522. The SMILES string of the molecule is CC(C)(CO)CNCc1ccc(C2=Nc3ccn4c(CNC(=O)OC(C)(C)C)nnc4c3C=CC2C2=CCC=CC=C2)cc1. The van der Waals surface area contributed by atoms with Crippen molar-refractivity contribution >= 4 is 29.2 Å². The highest BCUT2D eigenvalue weighted by molar-refractivity contribution is 6.08. The standard InChI is InChI=1S/C35H42N6O3/c1-34(2,3)44-33(43)37-21-30-39-40-32-28-17-16-27(25-10-8-6-7-9-11-25)31(38-29(28)18-19-41(30)32)26-14-12-24(13-15-26)20-36-22-35(4,5)23-42/h6-8,10-19,27,36,42H,9,20-23H2,1-5H3,(H,37,43). The number of aliphatic hydroxyl groups excluding tert-OH is 1. The molecule has 3 N–H and O–H groups in total. The number of carbonyl (C=O) groups excluding carboxylic acids is 1. The van der Waals surface area contributed by atoms with E-state index in [1.165, 1.54) is 11.1 Å². The highest BCUT2D eigenvalue weighted by Crippen LogP contribution is 2.34. The molecule has 1 amide bonds. The van der Waals surface area contributed by atoms with Gasteiger partial charge in [0.1, 0.15) is 5.60 Å². The van der Waals surface area contributed by atoms with E-state index in [1.54, 1.807) is 0 Å². The van der Waals surface area contributed by atoms with E-state index < -0.39 is 11.7 Å². The van der Waals surface area contributed by atoms with Gasteiger partial charge >= 0.3 is 6.09 Å². The molecule has 230 valence electrons. The summed E-state index contributed by atoms with van der Waals surface area (Å²) >= 11 is 0. The van der Waals surface area contributed by atoms with E-state index in [0.29, 0.717) is 11.5 Å². The molecule has 1 atom stereocenters. The molecule has 1 aliphatic heterocycles. The molecule has 9 nitrogen and oxygen atoms in total. The third kappa shape index (κ3) is 7.59. The van der Waals surface area contributed by atoms with E-state index in [4.69, 9.17) is 9.73 Å². The van der Waals surface area contributed by atoms with Gasteiger partial charge in [-0.3, -0.25) is 9.39 Å². The van der Waals surface area contributed by atoms with Gasteiger partial charge in [-0.1, -0.05) is 80.6 Å². The lowest BCUT2D eigenvalue weighted by Gasteiger charge is -2.22. The molecule has 3 heterocycles. The number of aromatic nitrogens is 3. The predicted octanol–water partition coefficient (Wildman–Crippen LogP) is 6.07. The van der Waals surface area contributed by atoms with Gasteiger partial charge in [0, 0.05) is 42.8 Å². The molecule has 0 fully saturated rings. The Balaban J connectivity index is 1.45. The van der Waals surface area contributed by atoms with Gasteiger partial charge in [-0.15, -0.1) is 10.2 Å². The number of fused-ring (bicyclic) bond motifs is 3. The number of ether oxygens (including phenoxy) is 1. The van der Waals surface area contributed by atoms with Gasteiger partial charge in [0.2, 0.25) is 0 Å². The van der Waals surface area contributed by atoms with E-state index in [2.05, 4.69) is 87.6 Å². The quantitative estimate of drug-likeness (QED) is 0.277. The van der Waals surface area contributed by atoms with Crippen molar-refractivity contribution < 1.29 is 14.6 Å². The number of allylic oxidation sites excluding steroid dienone is 7. The Kier molecular flexibility index (Phi) is 9.27. The Hall–Kier alpha value is -4.34. The molecule has 1 aromatic carbocycles. The van der Waals surface area contributed by atoms with Gasteiger partial charge in [-0.2, -0.15) is 0 Å². The number of benzene rings is 1. The highest BCUT2D eigenvalue weighted by atomic mass is 16.6. The van der Waals surface area contributed by atoms with Gasteiger partial charge < -0.3 is 20.5 Å². The lowest BCUT2D eigenvalue weighted by Crippen LogP contribution is -2.32. The summed E-state index contributed by atoms with van der Waals surface area (Å²) in [5.74, 6) is 0.531. The van der Waals surface area contributed by atoms with Crippen LogP contribution >= 0.6 is 0 Å². The van der Waals surface area contributed by atoms with Crippen LogP contribution in [0.1, 0.15) is 63.6 Å². The van der Waals surface area contributed by atoms with E-state index in [0.717, 1.165) is 42.0 Å². The minimum atomic E-state index is -0.585. The van der Waals surface area contributed by atoms with Crippen molar-refractivity contribution in [2.75, 3.05) is 13.2 Å². The third-order valence-electron chi connectivity index (χ3n) is 7.44. The van der Waals surface area contributed by atoms with Gasteiger partial charge in [0.25, 0.3) is 0 Å². The normalized spacial score (nSPS) is 16.6. The van der Waals surface area contributed by atoms with Crippen LogP contribution in [0.2, 0.25) is 0 Å². The first-order valence-electron chi connectivity index (χ1n) is 15.1. The molecule has 0 saturated heterocycles. The third-order valence-corrected chi connectivity index (χ3v) is 7.44. The monoisotopic (exact) mass is 594 g/mol. The average Bonchev–Trinajstić information content (AvgIpc) is 3.12. The van der Waals surface area contributed by atoms with E-state index in [1.807, 2.05) is 51.3 Å². The van der Waals surface area contributed by atoms with Gasteiger partial charge in [0.15, 0.2) is 11.5 Å². The van der Waals surface area contributed by atoms with E-state index >= 15 is 0 Å². The second kappa shape index (κ2) is 13.1. The van der Waals surface area contributed by atoms with Gasteiger partial charge in [-0.05, 0) is 50.0 Å². The maximum Gasteiger partial charge on any atom is 0.408 e. The molecule has 1 aliphatic carbocycles. The van der Waals surface area contributed by atoms with Crippen molar-refractivity contribution in [3.63, 3.8) is 0 Å². The fourth-order valence-corrected chi connectivity index (χ4v) is 5.07. The topological polar surface area (TPSA) is 113 Å². The Labute approximate surface area is 259 Å².